The first-order valence-corrected chi connectivity index (χ1v) is 8.45. The molecule has 0 heterocycles. The van der Waals surface area contributed by atoms with E-state index in [0.29, 0.717) is 35.8 Å². The number of amides is 1. The number of carbonyl (C=O) groups is 2. The molecule has 1 N–H and O–H groups in total. The second-order valence-corrected chi connectivity index (χ2v) is 5.48. The first-order valence-electron chi connectivity index (χ1n) is 8.45. The van der Waals surface area contributed by atoms with Gasteiger partial charge in [-0.05, 0) is 55.8 Å². The fourth-order valence-corrected chi connectivity index (χ4v) is 2.18. The number of ether oxygens (including phenoxy) is 2. The first-order chi connectivity index (χ1) is 12.1. The minimum Gasteiger partial charge on any atom is -0.494 e. The lowest BCUT2D eigenvalue weighted by Crippen LogP contribution is -2.12. The van der Waals surface area contributed by atoms with E-state index >= 15 is 0 Å². The summed E-state index contributed by atoms with van der Waals surface area (Å²) in [5.74, 6) is 0.0656. The van der Waals surface area contributed by atoms with Crippen LogP contribution < -0.4 is 10.1 Å². The zero-order chi connectivity index (χ0) is 18.1. The topological polar surface area (TPSA) is 64.6 Å². The Hall–Kier alpha value is -2.82. The van der Waals surface area contributed by atoms with Gasteiger partial charge < -0.3 is 14.8 Å². The summed E-state index contributed by atoms with van der Waals surface area (Å²) in [4.78, 5) is 24.2. The minimum absolute atomic E-state index is 0.236. The molecule has 0 saturated carbocycles. The van der Waals surface area contributed by atoms with Crippen molar-refractivity contribution in [1.29, 1.82) is 0 Å². The van der Waals surface area contributed by atoms with Gasteiger partial charge in [-0.3, -0.25) is 4.79 Å². The van der Waals surface area contributed by atoms with E-state index in [4.69, 9.17) is 9.47 Å². The Morgan fingerprint density at radius 1 is 1.00 bits per heavy atom. The van der Waals surface area contributed by atoms with Crippen LogP contribution in [0.5, 0.6) is 5.75 Å². The van der Waals surface area contributed by atoms with Crippen LogP contribution in [-0.2, 0) is 4.74 Å². The zero-order valence-electron chi connectivity index (χ0n) is 14.6. The third-order valence-corrected chi connectivity index (χ3v) is 3.52. The lowest BCUT2D eigenvalue weighted by atomic mass is 10.1. The van der Waals surface area contributed by atoms with Crippen molar-refractivity contribution < 1.29 is 19.1 Å². The van der Waals surface area contributed by atoms with Crippen molar-refractivity contribution >= 4 is 17.6 Å². The number of unbranched alkanes of at least 4 members (excludes halogenated alkanes) is 1. The van der Waals surface area contributed by atoms with Crippen molar-refractivity contribution in [3.63, 3.8) is 0 Å². The molecule has 0 radical (unpaired) electrons. The molecule has 2 aromatic rings. The lowest BCUT2D eigenvalue weighted by Gasteiger charge is -2.08. The number of carbonyl (C=O) groups excluding carboxylic acids is 2. The molecule has 2 aromatic carbocycles. The third kappa shape index (κ3) is 5.64. The van der Waals surface area contributed by atoms with E-state index in [1.807, 2.05) is 13.8 Å². The lowest BCUT2D eigenvalue weighted by molar-refractivity contribution is 0.0499. The van der Waals surface area contributed by atoms with Crippen LogP contribution in [0.2, 0.25) is 0 Å². The van der Waals surface area contributed by atoms with E-state index in [9.17, 15) is 9.59 Å². The summed E-state index contributed by atoms with van der Waals surface area (Å²) in [5.41, 5.74) is 1.58. The smallest absolute Gasteiger partial charge is 0.338 e. The summed E-state index contributed by atoms with van der Waals surface area (Å²) < 4.78 is 10.6. The predicted molar refractivity (Wildman–Crippen MR) is 97.2 cm³/mol. The minimum atomic E-state index is -0.351. The highest BCUT2D eigenvalue weighted by atomic mass is 16.5. The fourth-order valence-electron chi connectivity index (χ4n) is 2.18. The molecule has 1 amide bonds. The van der Waals surface area contributed by atoms with E-state index in [2.05, 4.69) is 5.32 Å². The number of benzene rings is 2. The molecule has 0 atom stereocenters. The van der Waals surface area contributed by atoms with Gasteiger partial charge in [0.25, 0.3) is 5.91 Å². The Labute approximate surface area is 148 Å². The largest absolute Gasteiger partial charge is 0.494 e. The van der Waals surface area contributed by atoms with E-state index in [0.717, 1.165) is 12.8 Å². The van der Waals surface area contributed by atoms with Gasteiger partial charge in [0, 0.05) is 11.3 Å². The van der Waals surface area contributed by atoms with Gasteiger partial charge in [0.1, 0.15) is 5.75 Å². The van der Waals surface area contributed by atoms with Gasteiger partial charge in [-0.25, -0.2) is 4.79 Å². The molecule has 25 heavy (non-hydrogen) atoms. The highest BCUT2D eigenvalue weighted by Gasteiger charge is 2.09. The van der Waals surface area contributed by atoms with E-state index in [1.165, 1.54) is 0 Å². The summed E-state index contributed by atoms with van der Waals surface area (Å²) in [6.07, 6.45) is 1.82. The predicted octanol–water partition coefficient (Wildman–Crippen LogP) is 4.29. The number of esters is 1. The van der Waals surface area contributed by atoms with Crippen LogP contribution in [-0.4, -0.2) is 25.1 Å². The van der Waals surface area contributed by atoms with Crippen molar-refractivity contribution in [2.75, 3.05) is 18.5 Å². The van der Waals surface area contributed by atoms with Crippen LogP contribution in [0.25, 0.3) is 0 Å². The summed E-state index contributed by atoms with van der Waals surface area (Å²) in [6.45, 7) is 4.89. The molecule has 0 aliphatic rings. The van der Waals surface area contributed by atoms with Gasteiger partial charge in [-0.15, -0.1) is 0 Å². The Bertz CT molecular complexity index is 710. The molecule has 5 nitrogen and oxygen atoms in total. The Morgan fingerprint density at radius 2 is 1.76 bits per heavy atom. The molecule has 0 aromatic heterocycles. The molecule has 0 saturated heterocycles. The first kappa shape index (κ1) is 18.5. The van der Waals surface area contributed by atoms with Crippen LogP contribution in [0, 0.1) is 0 Å². The summed E-state index contributed by atoms with van der Waals surface area (Å²) >= 11 is 0. The van der Waals surface area contributed by atoms with Crippen molar-refractivity contribution in [3.05, 3.63) is 59.7 Å². The third-order valence-electron chi connectivity index (χ3n) is 3.52. The number of nitrogens with one attached hydrogen (secondary N) is 1. The van der Waals surface area contributed by atoms with Gasteiger partial charge in [-0.2, -0.15) is 0 Å². The number of anilines is 1. The van der Waals surface area contributed by atoms with Crippen LogP contribution in [0.3, 0.4) is 0 Å². The van der Waals surface area contributed by atoms with Crippen LogP contribution in [0.4, 0.5) is 5.69 Å². The van der Waals surface area contributed by atoms with Crippen LogP contribution in [0.15, 0.2) is 48.5 Å². The molecule has 0 aliphatic heterocycles. The average molecular weight is 341 g/mol. The Balaban J connectivity index is 1.97. The average Bonchev–Trinajstić information content (AvgIpc) is 2.63. The van der Waals surface area contributed by atoms with Crippen molar-refractivity contribution in [2.24, 2.45) is 0 Å². The maximum atomic E-state index is 12.3. The maximum absolute atomic E-state index is 12.3. The monoisotopic (exact) mass is 341 g/mol. The SMILES string of the molecule is CCCCOC(=O)c1ccc(NC(=O)c2cccc(OCC)c2)cc1. The molecule has 0 aliphatic carbocycles. The molecule has 0 unspecified atom stereocenters. The molecular formula is C20H23NO4. The Morgan fingerprint density at radius 3 is 2.44 bits per heavy atom. The molecular weight excluding hydrogens is 318 g/mol. The molecule has 0 spiro atoms. The quantitative estimate of drug-likeness (QED) is 0.574. The molecule has 132 valence electrons. The van der Waals surface area contributed by atoms with E-state index < -0.39 is 0 Å². The number of hydrogen-bond acceptors (Lipinski definition) is 4. The number of hydrogen-bond donors (Lipinski definition) is 1. The van der Waals surface area contributed by atoms with Gasteiger partial charge in [0.05, 0.1) is 18.8 Å². The second kappa shape index (κ2) is 9.47. The van der Waals surface area contributed by atoms with Crippen molar-refractivity contribution in [2.45, 2.75) is 26.7 Å². The highest BCUT2D eigenvalue weighted by molar-refractivity contribution is 6.04. The maximum Gasteiger partial charge on any atom is 0.338 e. The molecule has 0 bridgehead atoms. The van der Waals surface area contributed by atoms with E-state index in [-0.39, 0.29) is 11.9 Å². The standard InChI is InChI=1S/C20H23NO4/c1-3-5-13-25-20(23)15-9-11-17(12-10-15)21-19(22)16-7-6-8-18(14-16)24-4-2/h6-12,14H,3-5,13H2,1-2H3,(H,21,22). The summed E-state index contributed by atoms with van der Waals surface area (Å²) in [7, 11) is 0. The summed E-state index contributed by atoms with van der Waals surface area (Å²) in [5, 5.41) is 2.80. The second-order valence-electron chi connectivity index (χ2n) is 5.48. The van der Waals surface area contributed by atoms with Crippen LogP contribution in [0.1, 0.15) is 47.4 Å². The van der Waals surface area contributed by atoms with Crippen molar-refractivity contribution in [3.8, 4) is 5.75 Å². The van der Waals surface area contributed by atoms with Gasteiger partial charge >= 0.3 is 5.97 Å². The number of rotatable bonds is 8. The van der Waals surface area contributed by atoms with E-state index in [1.54, 1.807) is 48.5 Å². The fraction of sp³-hybridized carbons (Fsp3) is 0.300. The normalized spacial score (nSPS) is 10.2. The van der Waals surface area contributed by atoms with Gasteiger partial charge in [-0.1, -0.05) is 19.4 Å². The highest BCUT2D eigenvalue weighted by Crippen LogP contribution is 2.16. The van der Waals surface area contributed by atoms with Crippen LogP contribution >= 0.6 is 0 Å². The van der Waals surface area contributed by atoms with Crippen molar-refractivity contribution in [1.82, 2.24) is 0 Å². The molecule has 0 fully saturated rings. The Kier molecular flexibility index (Phi) is 7.01. The zero-order valence-corrected chi connectivity index (χ0v) is 14.6. The molecule has 5 heteroatoms. The molecule has 2 rings (SSSR count). The van der Waals surface area contributed by atoms with Gasteiger partial charge in [0.15, 0.2) is 0 Å². The summed E-state index contributed by atoms with van der Waals surface area (Å²) in [6, 6.07) is 13.6. The van der Waals surface area contributed by atoms with Gasteiger partial charge in [0.2, 0.25) is 0 Å².